The molecule has 0 fully saturated rings. The van der Waals surface area contributed by atoms with Crippen LogP contribution in [0.15, 0.2) is 47.3 Å². The summed E-state index contributed by atoms with van der Waals surface area (Å²) in [5.41, 5.74) is 1.96. The highest BCUT2D eigenvalue weighted by atomic mass is 16.5. The van der Waals surface area contributed by atoms with Crippen molar-refractivity contribution < 1.29 is 14.2 Å². The average Bonchev–Trinajstić information content (AvgIpc) is 2.66. The minimum absolute atomic E-state index is 0.136. The van der Waals surface area contributed by atoms with Gasteiger partial charge in [0, 0.05) is 23.0 Å². The second-order valence-corrected chi connectivity index (χ2v) is 5.70. The zero-order valence-electron chi connectivity index (χ0n) is 15.1. The van der Waals surface area contributed by atoms with Gasteiger partial charge >= 0.3 is 0 Å². The first kappa shape index (κ1) is 17.7. The number of benzene rings is 2. The fraction of sp³-hybridized carbons (Fsp3) is 0.250. The lowest BCUT2D eigenvalue weighted by Crippen LogP contribution is -2.16. The maximum Gasteiger partial charge on any atom is 0.253 e. The largest absolute Gasteiger partial charge is 0.494 e. The van der Waals surface area contributed by atoms with Crippen LogP contribution >= 0.6 is 0 Å². The number of rotatable bonds is 7. The highest BCUT2D eigenvalue weighted by molar-refractivity contribution is 5.80. The van der Waals surface area contributed by atoms with Crippen LogP contribution < -0.4 is 25.1 Å². The van der Waals surface area contributed by atoms with Crippen molar-refractivity contribution in [1.82, 2.24) is 4.98 Å². The van der Waals surface area contributed by atoms with Gasteiger partial charge in [-0.05, 0) is 43.3 Å². The summed E-state index contributed by atoms with van der Waals surface area (Å²) in [5, 5.41) is 4.16. The molecule has 2 N–H and O–H groups in total. The molecule has 0 bridgehead atoms. The van der Waals surface area contributed by atoms with E-state index >= 15 is 0 Å². The van der Waals surface area contributed by atoms with E-state index in [0.29, 0.717) is 35.9 Å². The van der Waals surface area contributed by atoms with E-state index in [2.05, 4.69) is 10.3 Å². The lowest BCUT2D eigenvalue weighted by molar-refractivity contribution is 0.340. The molecular formula is C20H22N2O4. The molecule has 1 aromatic heterocycles. The number of hydrogen-bond acceptors (Lipinski definition) is 5. The predicted molar refractivity (Wildman–Crippen MR) is 103 cm³/mol. The molecule has 0 radical (unpaired) electrons. The molecule has 0 spiro atoms. The van der Waals surface area contributed by atoms with Crippen molar-refractivity contribution in [3.05, 3.63) is 58.4 Å². The van der Waals surface area contributed by atoms with Crippen molar-refractivity contribution in [2.24, 2.45) is 0 Å². The molecule has 0 saturated heterocycles. The van der Waals surface area contributed by atoms with Gasteiger partial charge in [0.2, 0.25) is 0 Å². The van der Waals surface area contributed by atoms with Gasteiger partial charge < -0.3 is 24.5 Å². The topological polar surface area (TPSA) is 72.6 Å². The molecule has 26 heavy (non-hydrogen) atoms. The van der Waals surface area contributed by atoms with E-state index in [4.69, 9.17) is 14.2 Å². The average molecular weight is 354 g/mol. The van der Waals surface area contributed by atoms with Crippen LogP contribution in [0.2, 0.25) is 0 Å². The second-order valence-electron chi connectivity index (χ2n) is 5.70. The Morgan fingerprint density at radius 1 is 1.04 bits per heavy atom. The summed E-state index contributed by atoms with van der Waals surface area (Å²) in [5.74, 6) is 2.08. The van der Waals surface area contributed by atoms with Gasteiger partial charge in [0.05, 0.1) is 20.8 Å². The van der Waals surface area contributed by atoms with Gasteiger partial charge in [-0.15, -0.1) is 0 Å². The minimum Gasteiger partial charge on any atom is -0.494 e. The van der Waals surface area contributed by atoms with Crippen molar-refractivity contribution in [2.75, 3.05) is 26.1 Å². The Morgan fingerprint density at radius 2 is 1.77 bits per heavy atom. The van der Waals surface area contributed by atoms with Gasteiger partial charge in [0.1, 0.15) is 22.9 Å². The normalized spacial score (nSPS) is 10.6. The fourth-order valence-corrected chi connectivity index (χ4v) is 2.83. The fourth-order valence-electron chi connectivity index (χ4n) is 2.83. The van der Waals surface area contributed by atoms with E-state index in [9.17, 15) is 4.79 Å². The quantitative estimate of drug-likeness (QED) is 0.679. The lowest BCUT2D eigenvalue weighted by atomic mass is 10.1. The Morgan fingerprint density at radius 3 is 2.42 bits per heavy atom. The van der Waals surface area contributed by atoms with Gasteiger partial charge in [-0.25, -0.2) is 0 Å². The minimum atomic E-state index is -0.136. The zero-order valence-corrected chi connectivity index (χ0v) is 15.1. The Bertz CT molecular complexity index is 943. The van der Waals surface area contributed by atoms with Crippen molar-refractivity contribution in [3.8, 4) is 17.2 Å². The third kappa shape index (κ3) is 3.59. The number of nitrogens with one attached hydrogen (secondary N) is 2. The summed E-state index contributed by atoms with van der Waals surface area (Å²) in [6, 6.07) is 13.0. The molecule has 0 aliphatic carbocycles. The Hall–Kier alpha value is -3.15. The zero-order chi connectivity index (χ0) is 18.5. The third-order valence-electron chi connectivity index (χ3n) is 4.09. The molecule has 0 unspecified atom stereocenters. The molecule has 0 atom stereocenters. The van der Waals surface area contributed by atoms with Gasteiger partial charge in [-0.2, -0.15) is 0 Å². The number of para-hydroxylation sites is 1. The SMILES string of the molecule is CCOc1ccc2[nH]c(=O)c(CNc3c(OC)cccc3OC)cc2c1. The van der Waals surface area contributed by atoms with Crippen LogP contribution in [0.3, 0.4) is 0 Å². The summed E-state index contributed by atoms with van der Waals surface area (Å²) < 4.78 is 16.3. The number of aromatic nitrogens is 1. The Kier molecular flexibility index (Phi) is 5.31. The summed E-state index contributed by atoms with van der Waals surface area (Å²) in [4.78, 5) is 15.3. The molecule has 0 aliphatic rings. The summed E-state index contributed by atoms with van der Waals surface area (Å²) in [6.07, 6.45) is 0. The highest BCUT2D eigenvalue weighted by Crippen LogP contribution is 2.34. The summed E-state index contributed by atoms with van der Waals surface area (Å²) in [7, 11) is 3.19. The van der Waals surface area contributed by atoms with E-state index in [1.54, 1.807) is 14.2 Å². The standard InChI is InChI=1S/C20H22N2O4/c1-4-26-15-8-9-16-13(11-15)10-14(20(23)22-16)12-21-19-17(24-2)6-5-7-18(19)25-3/h5-11,21H,4,12H2,1-3H3,(H,22,23). The molecule has 0 amide bonds. The smallest absolute Gasteiger partial charge is 0.253 e. The number of methoxy groups -OCH3 is 2. The number of hydrogen-bond donors (Lipinski definition) is 2. The van der Waals surface area contributed by atoms with Crippen molar-refractivity contribution in [1.29, 1.82) is 0 Å². The number of anilines is 1. The first-order valence-corrected chi connectivity index (χ1v) is 8.40. The van der Waals surface area contributed by atoms with Crippen LogP contribution in [-0.4, -0.2) is 25.8 Å². The summed E-state index contributed by atoms with van der Waals surface area (Å²) >= 11 is 0. The second kappa shape index (κ2) is 7.82. The van der Waals surface area contributed by atoms with Gasteiger partial charge in [-0.3, -0.25) is 4.79 Å². The number of ether oxygens (including phenoxy) is 3. The monoisotopic (exact) mass is 354 g/mol. The van der Waals surface area contributed by atoms with Crippen molar-refractivity contribution >= 4 is 16.6 Å². The number of pyridine rings is 1. The predicted octanol–water partition coefficient (Wildman–Crippen LogP) is 3.56. The van der Waals surface area contributed by atoms with Crippen LogP contribution in [0.25, 0.3) is 10.9 Å². The van der Waals surface area contributed by atoms with Crippen molar-refractivity contribution in [3.63, 3.8) is 0 Å². The molecular weight excluding hydrogens is 332 g/mol. The van der Waals surface area contributed by atoms with E-state index < -0.39 is 0 Å². The van der Waals surface area contributed by atoms with Gasteiger partial charge in [0.15, 0.2) is 0 Å². The first-order chi connectivity index (χ1) is 12.7. The molecule has 136 valence electrons. The number of H-pyrrole nitrogens is 1. The lowest BCUT2D eigenvalue weighted by Gasteiger charge is -2.15. The van der Waals surface area contributed by atoms with Gasteiger partial charge in [-0.1, -0.05) is 6.07 Å². The molecule has 1 heterocycles. The van der Waals surface area contributed by atoms with Crippen LogP contribution in [0.1, 0.15) is 12.5 Å². The molecule has 3 aromatic rings. The van der Waals surface area contributed by atoms with Crippen LogP contribution in [0.5, 0.6) is 17.2 Å². The number of fused-ring (bicyclic) bond motifs is 1. The van der Waals surface area contributed by atoms with Crippen molar-refractivity contribution in [2.45, 2.75) is 13.5 Å². The molecule has 6 heteroatoms. The van der Waals surface area contributed by atoms with E-state index in [1.165, 1.54) is 0 Å². The molecule has 3 rings (SSSR count). The Labute approximate surface area is 151 Å². The van der Waals surface area contributed by atoms with Crippen LogP contribution in [-0.2, 0) is 6.54 Å². The van der Waals surface area contributed by atoms with Crippen LogP contribution in [0, 0.1) is 0 Å². The van der Waals surface area contributed by atoms with Gasteiger partial charge in [0.25, 0.3) is 5.56 Å². The molecule has 0 saturated carbocycles. The van der Waals surface area contributed by atoms with E-state index in [-0.39, 0.29) is 5.56 Å². The van der Waals surface area contributed by atoms with E-state index in [1.807, 2.05) is 49.4 Å². The maximum atomic E-state index is 12.4. The first-order valence-electron chi connectivity index (χ1n) is 8.40. The Balaban J connectivity index is 1.92. The maximum absolute atomic E-state index is 12.4. The molecule has 2 aromatic carbocycles. The summed E-state index contributed by atoms with van der Waals surface area (Å²) in [6.45, 7) is 2.87. The highest BCUT2D eigenvalue weighted by Gasteiger charge is 2.11. The third-order valence-corrected chi connectivity index (χ3v) is 4.09. The molecule has 0 aliphatic heterocycles. The number of aromatic amines is 1. The van der Waals surface area contributed by atoms with Crippen LogP contribution in [0.4, 0.5) is 5.69 Å². The molecule has 6 nitrogen and oxygen atoms in total. The van der Waals surface area contributed by atoms with E-state index in [0.717, 1.165) is 16.7 Å².